The summed E-state index contributed by atoms with van der Waals surface area (Å²) in [4.78, 5) is 30.0. The molecular formula is C29H40ClN3O8. The third kappa shape index (κ3) is 7.79. The molecule has 3 heterocycles. The Hall–Kier alpha value is -2.67. The van der Waals surface area contributed by atoms with Crippen molar-refractivity contribution in [1.82, 2.24) is 14.4 Å². The molecule has 4 rings (SSSR count). The van der Waals surface area contributed by atoms with Gasteiger partial charge in [0.25, 0.3) is 5.56 Å². The van der Waals surface area contributed by atoms with Crippen molar-refractivity contribution < 1.29 is 34.3 Å². The van der Waals surface area contributed by atoms with Crippen molar-refractivity contribution in [3.8, 4) is 5.75 Å². The minimum absolute atomic E-state index is 0.0142. The molecule has 0 saturated carbocycles. The van der Waals surface area contributed by atoms with Crippen LogP contribution < -0.4 is 10.3 Å². The van der Waals surface area contributed by atoms with Crippen molar-refractivity contribution >= 4 is 17.7 Å². The van der Waals surface area contributed by atoms with Gasteiger partial charge in [0.15, 0.2) is 5.75 Å². The first-order valence-electron chi connectivity index (χ1n) is 13.8. The van der Waals surface area contributed by atoms with E-state index in [1.165, 1.54) is 4.57 Å². The molecule has 11 nitrogen and oxygen atoms in total. The highest BCUT2D eigenvalue weighted by molar-refractivity contribution is 6.30. The van der Waals surface area contributed by atoms with Gasteiger partial charge in [-0.1, -0.05) is 30.7 Å². The van der Waals surface area contributed by atoms with Gasteiger partial charge in [-0.05, 0) is 44.5 Å². The van der Waals surface area contributed by atoms with Crippen LogP contribution in [0.2, 0.25) is 5.02 Å². The Morgan fingerprint density at radius 2 is 1.71 bits per heavy atom. The highest BCUT2D eigenvalue weighted by atomic mass is 35.5. The monoisotopic (exact) mass is 593 g/mol. The lowest BCUT2D eigenvalue weighted by Gasteiger charge is -2.40. The molecule has 5 atom stereocenters. The Morgan fingerprint density at radius 1 is 1.05 bits per heavy atom. The first-order valence-corrected chi connectivity index (χ1v) is 14.2. The van der Waals surface area contributed by atoms with Crippen molar-refractivity contribution in [3.05, 3.63) is 63.0 Å². The molecule has 1 aromatic heterocycles. The normalized spacial score (nSPS) is 25.7. The number of ether oxygens (including phenoxy) is 3. The fourth-order valence-corrected chi connectivity index (χ4v) is 5.02. The Balaban J connectivity index is 1.56. The van der Waals surface area contributed by atoms with Crippen LogP contribution in [0.4, 0.5) is 4.79 Å². The number of halogens is 1. The molecule has 2 saturated heterocycles. The third-order valence-electron chi connectivity index (χ3n) is 7.35. The quantitative estimate of drug-likeness (QED) is 0.441. The predicted molar refractivity (Wildman–Crippen MR) is 152 cm³/mol. The second-order valence-electron chi connectivity index (χ2n) is 11.7. The predicted octanol–water partition coefficient (Wildman–Crippen LogP) is 2.06. The zero-order chi connectivity index (χ0) is 29.9. The summed E-state index contributed by atoms with van der Waals surface area (Å²) >= 11 is 6.01. The van der Waals surface area contributed by atoms with Crippen molar-refractivity contribution in [2.45, 2.75) is 71.0 Å². The second-order valence-corrected chi connectivity index (χ2v) is 12.1. The van der Waals surface area contributed by atoms with Crippen molar-refractivity contribution in [1.29, 1.82) is 0 Å². The smallest absolute Gasteiger partial charge is 0.410 e. The summed E-state index contributed by atoms with van der Waals surface area (Å²) in [5, 5.41) is 31.4. The SMILES string of the molecule is C[C@@H]1[C@@H](O)[C@H](Oc2c(CN3CCN(C(=O)OC(C)(C)C)CC3)ccn(Cc3ccc(Cl)cc3)c2=O)O[C@H](CO)[C@H]1O. The number of aromatic nitrogens is 1. The topological polar surface area (TPSA) is 134 Å². The molecule has 0 aliphatic carbocycles. The van der Waals surface area contributed by atoms with Crippen LogP contribution in [-0.2, 0) is 22.6 Å². The molecule has 12 heteroatoms. The summed E-state index contributed by atoms with van der Waals surface area (Å²) in [6, 6.07) is 8.95. The number of hydrogen-bond donors (Lipinski definition) is 3. The summed E-state index contributed by atoms with van der Waals surface area (Å²) in [6.07, 6.45) is -3.23. The molecule has 2 aliphatic heterocycles. The van der Waals surface area contributed by atoms with Crippen LogP contribution in [0.3, 0.4) is 0 Å². The highest BCUT2D eigenvalue weighted by Gasteiger charge is 2.43. The number of amides is 1. The van der Waals surface area contributed by atoms with E-state index in [2.05, 4.69) is 4.90 Å². The summed E-state index contributed by atoms with van der Waals surface area (Å²) in [5.74, 6) is -0.643. The molecule has 2 fully saturated rings. The molecule has 1 amide bonds. The van der Waals surface area contributed by atoms with E-state index in [-0.39, 0.29) is 18.4 Å². The number of rotatable bonds is 7. The molecule has 0 bridgehead atoms. The van der Waals surface area contributed by atoms with Crippen LogP contribution >= 0.6 is 11.6 Å². The van der Waals surface area contributed by atoms with Gasteiger partial charge in [-0.25, -0.2) is 4.79 Å². The van der Waals surface area contributed by atoms with Crippen LogP contribution in [0.1, 0.15) is 38.8 Å². The Morgan fingerprint density at radius 3 is 2.32 bits per heavy atom. The molecule has 1 aromatic carbocycles. The Kier molecular flexibility index (Phi) is 9.99. The maximum atomic E-state index is 13.7. The number of piperazine rings is 1. The Labute approximate surface area is 244 Å². The molecule has 2 aliphatic rings. The van der Waals surface area contributed by atoms with Crippen LogP contribution in [0.25, 0.3) is 0 Å². The average Bonchev–Trinajstić information content (AvgIpc) is 2.92. The van der Waals surface area contributed by atoms with Crippen LogP contribution in [0.15, 0.2) is 41.3 Å². The lowest BCUT2D eigenvalue weighted by Crippen LogP contribution is -2.56. The van der Waals surface area contributed by atoms with E-state index < -0.39 is 48.3 Å². The van der Waals surface area contributed by atoms with Crippen LogP contribution in [0.5, 0.6) is 5.75 Å². The number of carbonyl (C=O) groups is 1. The van der Waals surface area contributed by atoms with Gasteiger partial charge >= 0.3 is 6.09 Å². The summed E-state index contributed by atoms with van der Waals surface area (Å²) < 4.78 is 18.7. The van der Waals surface area contributed by atoms with Gasteiger partial charge in [0.1, 0.15) is 17.8 Å². The van der Waals surface area contributed by atoms with E-state index >= 15 is 0 Å². The number of aliphatic hydroxyl groups excluding tert-OH is 3. The van der Waals surface area contributed by atoms with Crippen LogP contribution in [0, 0.1) is 5.92 Å². The van der Waals surface area contributed by atoms with E-state index in [0.29, 0.717) is 43.3 Å². The molecule has 226 valence electrons. The largest absolute Gasteiger partial charge is 0.456 e. The number of hydrogen-bond acceptors (Lipinski definition) is 9. The lowest BCUT2D eigenvalue weighted by atomic mass is 9.91. The summed E-state index contributed by atoms with van der Waals surface area (Å²) in [5.41, 5.74) is 0.452. The number of carbonyl (C=O) groups excluding carboxylic acids is 1. The molecule has 0 unspecified atom stereocenters. The van der Waals surface area contributed by atoms with Gasteiger partial charge in [-0.2, -0.15) is 0 Å². The zero-order valence-electron chi connectivity index (χ0n) is 23.9. The van der Waals surface area contributed by atoms with Gasteiger partial charge in [-0.15, -0.1) is 0 Å². The van der Waals surface area contributed by atoms with Gasteiger partial charge in [0, 0.05) is 55.4 Å². The second kappa shape index (κ2) is 13.1. The maximum absolute atomic E-state index is 13.7. The highest BCUT2D eigenvalue weighted by Crippen LogP contribution is 2.29. The van der Waals surface area contributed by atoms with E-state index in [1.54, 1.807) is 36.2 Å². The molecule has 3 N–H and O–H groups in total. The van der Waals surface area contributed by atoms with E-state index in [0.717, 1.165) is 5.56 Å². The van der Waals surface area contributed by atoms with Gasteiger partial charge in [0.2, 0.25) is 6.29 Å². The van der Waals surface area contributed by atoms with E-state index in [1.807, 2.05) is 32.9 Å². The minimum Gasteiger partial charge on any atom is -0.456 e. The first kappa shape index (κ1) is 31.3. The standard InChI is InChI=1S/C29H40ClN3O8/c1-18-23(35)22(17-34)39-27(24(18)36)40-25-20(9-10-33(26(25)37)15-19-5-7-21(30)8-6-19)16-31-11-13-32(14-12-31)28(38)41-29(2,3)4/h5-10,18,22-24,27,34-36H,11-17H2,1-4H3/t18-,22+,23-,24+,27-/m0/s1. The Bertz CT molecular complexity index is 1240. The van der Waals surface area contributed by atoms with Crippen LogP contribution in [-0.4, -0.2) is 98.8 Å². The number of aliphatic hydroxyl groups is 3. The third-order valence-corrected chi connectivity index (χ3v) is 7.60. The molecule has 2 aromatic rings. The lowest BCUT2D eigenvalue weighted by molar-refractivity contribution is -0.261. The molecular weight excluding hydrogens is 554 g/mol. The minimum atomic E-state index is -1.27. The number of pyridine rings is 1. The van der Waals surface area contributed by atoms with Crippen molar-refractivity contribution in [3.63, 3.8) is 0 Å². The van der Waals surface area contributed by atoms with Gasteiger partial charge < -0.3 is 39.0 Å². The molecule has 0 spiro atoms. The fraction of sp³-hybridized carbons (Fsp3) is 0.586. The van der Waals surface area contributed by atoms with Crippen molar-refractivity contribution in [2.75, 3.05) is 32.8 Å². The van der Waals surface area contributed by atoms with E-state index in [4.69, 9.17) is 25.8 Å². The fourth-order valence-electron chi connectivity index (χ4n) is 4.90. The zero-order valence-corrected chi connectivity index (χ0v) is 24.7. The number of benzene rings is 1. The first-order chi connectivity index (χ1) is 19.4. The van der Waals surface area contributed by atoms with Gasteiger partial charge in [0.05, 0.1) is 19.3 Å². The average molecular weight is 594 g/mol. The number of nitrogens with zero attached hydrogens (tertiary/aromatic N) is 3. The molecule has 41 heavy (non-hydrogen) atoms. The van der Waals surface area contributed by atoms with Gasteiger partial charge in [-0.3, -0.25) is 9.69 Å². The van der Waals surface area contributed by atoms with Crippen molar-refractivity contribution in [2.24, 2.45) is 5.92 Å². The summed E-state index contributed by atoms with van der Waals surface area (Å²) in [6.45, 7) is 9.33. The maximum Gasteiger partial charge on any atom is 0.410 e. The summed E-state index contributed by atoms with van der Waals surface area (Å²) in [7, 11) is 0. The molecule has 0 radical (unpaired) electrons. The van der Waals surface area contributed by atoms with E-state index in [9.17, 15) is 24.9 Å².